The molecule has 1 amide bonds. The second-order valence-electron chi connectivity index (χ2n) is 7.61. The van der Waals surface area contributed by atoms with Crippen LogP contribution in [0.25, 0.3) is 11.3 Å². The Labute approximate surface area is 163 Å². The second-order valence-corrected chi connectivity index (χ2v) is 7.61. The number of carbonyl (C=O) groups excluding carboxylic acids is 1. The summed E-state index contributed by atoms with van der Waals surface area (Å²) in [6.07, 6.45) is -0.722. The molecule has 1 atom stereocenters. The number of halogens is 1. The largest absolute Gasteiger partial charge is 0.481 e. The Morgan fingerprint density at radius 3 is 2.36 bits per heavy atom. The fourth-order valence-corrected chi connectivity index (χ4v) is 2.61. The van der Waals surface area contributed by atoms with Crippen molar-refractivity contribution in [2.45, 2.75) is 39.2 Å². The predicted octanol–water partition coefficient (Wildman–Crippen LogP) is 5.18. The first kappa shape index (κ1) is 19.6. The molecule has 1 heterocycles. The number of nitrogens with zero attached hydrogens (tertiary/aromatic N) is 1. The highest BCUT2D eigenvalue weighted by Crippen LogP contribution is 2.25. The first-order chi connectivity index (χ1) is 13.2. The highest BCUT2D eigenvalue weighted by molar-refractivity contribution is 5.93. The van der Waals surface area contributed by atoms with Gasteiger partial charge in [0, 0.05) is 11.6 Å². The van der Waals surface area contributed by atoms with Crippen molar-refractivity contribution < 1.29 is 18.4 Å². The van der Waals surface area contributed by atoms with E-state index in [0.717, 1.165) is 0 Å². The van der Waals surface area contributed by atoms with Crippen LogP contribution in [0.3, 0.4) is 0 Å². The van der Waals surface area contributed by atoms with Gasteiger partial charge in [0.05, 0.1) is 0 Å². The van der Waals surface area contributed by atoms with Crippen LogP contribution < -0.4 is 10.1 Å². The van der Waals surface area contributed by atoms with Gasteiger partial charge in [-0.05, 0) is 54.3 Å². The van der Waals surface area contributed by atoms with Gasteiger partial charge in [0.25, 0.3) is 5.91 Å². The molecule has 3 rings (SSSR count). The third-order valence-corrected chi connectivity index (χ3v) is 4.30. The molecular weight excluding hydrogens is 359 g/mol. The van der Waals surface area contributed by atoms with Crippen molar-refractivity contribution in [2.75, 3.05) is 5.32 Å². The van der Waals surface area contributed by atoms with Crippen LogP contribution in [0.1, 0.15) is 33.3 Å². The van der Waals surface area contributed by atoms with Crippen LogP contribution in [-0.4, -0.2) is 17.2 Å². The molecule has 0 fully saturated rings. The van der Waals surface area contributed by atoms with E-state index < -0.39 is 6.10 Å². The van der Waals surface area contributed by atoms with Crippen molar-refractivity contribution in [3.63, 3.8) is 0 Å². The minimum atomic E-state index is -0.722. The normalized spacial score (nSPS) is 12.5. The fraction of sp³-hybridized carbons (Fsp3) is 0.273. The van der Waals surface area contributed by atoms with E-state index in [1.807, 2.05) is 24.3 Å². The number of benzene rings is 2. The predicted molar refractivity (Wildman–Crippen MR) is 106 cm³/mol. The van der Waals surface area contributed by atoms with Gasteiger partial charge in [-0.1, -0.05) is 38.1 Å². The molecule has 2 aromatic carbocycles. The molecular formula is C22H23FN2O3. The van der Waals surface area contributed by atoms with Gasteiger partial charge >= 0.3 is 0 Å². The van der Waals surface area contributed by atoms with E-state index in [2.05, 4.69) is 31.2 Å². The average Bonchev–Trinajstić information content (AvgIpc) is 3.10. The van der Waals surface area contributed by atoms with E-state index in [1.165, 1.54) is 17.7 Å². The molecule has 1 aromatic heterocycles. The van der Waals surface area contributed by atoms with Crippen molar-refractivity contribution in [2.24, 2.45) is 0 Å². The van der Waals surface area contributed by atoms with Crippen LogP contribution in [0.2, 0.25) is 0 Å². The van der Waals surface area contributed by atoms with Gasteiger partial charge in [-0.2, -0.15) is 0 Å². The van der Waals surface area contributed by atoms with Crippen molar-refractivity contribution in [3.05, 3.63) is 66.0 Å². The monoisotopic (exact) mass is 382 g/mol. The van der Waals surface area contributed by atoms with E-state index >= 15 is 0 Å². The number of anilines is 1. The summed E-state index contributed by atoms with van der Waals surface area (Å²) in [4.78, 5) is 12.4. The number of ether oxygens (including phenoxy) is 1. The van der Waals surface area contributed by atoms with E-state index in [9.17, 15) is 9.18 Å². The molecule has 0 saturated carbocycles. The number of amides is 1. The lowest BCUT2D eigenvalue weighted by molar-refractivity contribution is -0.122. The molecule has 5 nitrogen and oxygen atoms in total. The van der Waals surface area contributed by atoms with E-state index in [1.54, 1.807) is 25.1 Å². The number of nitrogens with one attached hydrogen (secondary N) is 1. The summed E-state index contributed by atoms with van der Waals surface area (Å²) < 4.78 is 23.9. The summed E-state index contributed by atoms with van der Waals surface area (Å²) in [6.45, 7) is 8.06. The van der Waals surface area contributed by atoms with Gasteiger partial charge in [-0.25, -0.2) is 4.39 Å². The van der Waals surface area contributed by atoms with E-state index in [4.69, 9.17) is 9.26 Å². The van der Waals surface area contributed by atoms with Gasteiger partial charge in [0.2, 0.25) is 5.88 Å². The highest BCUT2D eigenvalue weighted by atomic mass is 19.1. The molecule has 0 unspecified atom stereocenters. The number of aromatic nitrogens is 1. The van der Waals surface area contributed by atoms with Crippen LogP contribution >= 0.6 is 0 Å². The molecule has 1 N–H and O–H groups in total. The van der Waals surface area contributed by atoms with Crippen molar-refractivity contribution in [1.29, 1.82) is 0 Å². The maximum Gasteiger partial charge on any atom is 0.267 e. The van der Waals surface area contributed by atoms with Gasteiger partial charge < -0.3 is 9.26 Å². The highest BCUT2D eigenvalue weighted by Gasteiger charge is 2.18. The van der Waals surface area contributed by atoms with Crippen molar-refractivity contribution >= 4 is 11.8 Å². The lowest BCUT2D eigenvalue weighted by Crippen LogP contribution is -2.30. The van der Waals surface area contributed by atoms with Gasteiger partial charge in [-0.3, -0.25) is 10.1 Å². The Morgan fingerprint density at radius 1 is 1.11 bits per heavy atom. The lowest BCUT2D eigenvalue weighted by Gasteiger charge is -2.20. The van der Waals surface area contributed by atoms with Gasteiger partial charge in [0.15, 0.2) is 6.10 Å². The topological polar surface area (TPSA) is 64.4 Å². The Balaban J connectivity index is 1.61. The SMILES string of the molecule is C[C@H](Oc1ccc(C(C)(C)C)cc1)C(=O)Nc1cc(-c2ccc(F)cc2)no1. The van der Waals surface area contributed by atoms with E-state index in [-0.39, 0.29) is 23.0 Å². The maximum absolute atomic E-state index is 13.0. The molecule has 0 aliphatic carbocycles. The Morgan fingerprint density at radius 2 is 1.75 bits per heavy atom. The zero-order valence-electron chi connectivity index (χ0n) is 16.3. The van der Waals surface area contributed by atoms with Gasteiger partial charge in [0.1, 0.15) is 17.3 Å². The third kappa shape index (κ3) is 4.76. The van der Waals surface area contributed by atoms with E-state index in [0.29, 0.717) is 17.0 Å². The molecule has 0 aliphatic rings. The van der Waals surface area contributed by atoms with Gasteiger partial charge in [-0.15, -0.1) is 0 Å². The quantitative estimate of drug-likeness (QED) is 0.660. The zero-order valence-corrected chi connectivity index (χ0v) is 16.3. The smallest absolute Gasteiger partial charge is 0.267 e. The fourth-order valence-electron chi connectivity index (χ4n) is 2.61. The summed E-state index contributed by atoms with van der Waals surface area (Å²) in [6, 6.07) is 15.1. The van der Waals surface area contributed by atoms with Crippen LogP contribution in [0.15, 0.2) is 59.1 Å². The summed E-state index contributed by atoms with van der Waals surface area (Å²) in [5.41, 5.74) is 2.43. The van der Waals surface area contributed by atoms with Crippen molar-refractivity contribution in [3.8, 4) is 17.0 Å². The minimum Gasteiger partial charge on any atom is -0.481 e. The maximum atomic E-state index is 13.0. The van der Waals surface area contributed by atoms with Crippen molar-refractivity contribution in [1.82, 2.24) is 5.16 Å². The zero-order chi connectivity index (χ0) is 20.3. The second kappa shape index (κ2) is 7.84. The first-order valence-electron chi connectivity index (χ1n) is 9.03. The number of hydrogen-bond acceptors (Lipinski definition) is 4. The minimum absolute atomic E-state index is 0.0516. The summed E-state index contributed by atoms with van der Waals surface area (Å²) in [5, 5.41) is 6.52. The third-order valence-electron chi connectivity index (χ3n) is 4.30. The van der Waals surface area contributed by atoms with Crippen LogP contribution in [0.4, 0.5) is 10.3 Å². The molecule has 0 bridgehead atoms. The van der Waals surface area contributed by atoms with Crippen LogP contribution in [-0.2, 0) is 10.2 Å². The number of rotatable bonds is 5. The first-order valence-corrected chi connectivity index (χ1v) is 9.03. The molecule has 0 saturated heterocycles. The number of carbonyl (C=O) groups is 1. The summed E-state index contributed by atoms with van der Waals surface area (Å²) >= 11 is 0. The Hall–Kier alpha value is -3.15. The standard InChI is InChI=1S/C22H23FN2O3/c1-14(27-18-11-7-16(8-12-18)22(2,3)4)21(26)24-20-13-19(25-28-20)15-5-9-17(23)10-6-15/h5-14H,1-4H3,(H,24,26)/t14-/m0/s1. The lowest BCUT2D eigenvalue weighted by atomic mass is 9.87. The number of hydrogen-bond donors (Lipinski definition) is 1. The van der Waals surface area contributed by atoms with Crippen LogP contribution in [0.5, 0.6) is 5.75 Å². The molecule has 146 valence electrons. The molecule has 0 spiro atoms. The van der Waals surface area contributed by atoms with Crippen LogP contribution in [0, 0.1) is 5.82 Å². The summed E-state index contributed by atoms with van der Waals surface area (Å²) in [5.74, 6) is 0.118. The molecule has 0 radical (unpaired) electrons. The Kier molecular flexibility index (Phi) is 5.49. The molecule has 0 aliphatic heterocycles. The molecule has 6 heteroatoms. The molecule has 3 aromatic rings. The average molecular weight is 382 g/mol. The molecule has 28 heavy (non-hydrogen) atoms. The Bertz CT molecular complexity index is 941. The summed E-state index contributed by atoms with van der Waals surface area (Å²) in [7, 11) is 0.